The number of rotatable bonds is 7. The van der Waals surface area contributed by atoms with Crippen LogP contribution in [-0.2, 0) is 19.1 Å². The van der Waals surface area contributed by atoms with E-state index in [2.05, 4.69) is 5.32 Å². The third-order valence-corrected chi connectivity index (χ3v) is 6.11. The van der Waals surface area contributed by atoms with Crippen LogP contribution in [0.15, 0.2) is 48.5 Å². The Morgan fingerprint density at radius 3 is 2.26 bits per heavy atom. The summed E-state index contributed by atoms with van der Waals surface area (Å²) < 4.78 is 38.0. The minimum absolute atomic E-state index is 0.00666. The van der Waals surface area contributed by atoms with Crippen LogP contribution >= 0.6 is 0 Å². The summed E-state index contributed by atoms with van der Waals surface area (Å²) in [4.78, 5) is 37.3. The second kappa shape index (κ2) is 9.38. The van der Waals surface area contributed by atoms with E-state index < -0.39 is 48.9 Å². The Balaban J connectivity index is 1.44. The number of halogens is 2. The van der Waals surface area contributed by atoms with E-state index in [0.29, 0.717) is 4.90 Å². The molecule has 1 aliphatic carbocycles. The quantitative estimate of drug-likeness (QED) is 0.640. The Labute approximate surface area is 194 Å². The predicted octanol–water partition coefficient (Wildman–Crippen LogP) is 2.86. The zero-order chi connectivity index (χ0) is 24.5. The maximum absolute atomic E-state index is 13.8. The summed E-state index contributed by atoms with van der Waals surface area (Å²) in [5.41, 5.74) is 4.11. The molecule has 34 heavy (non-hydrogen) atoms. The lowest BCUT2D eigenvalue weighted by Crippen LogP contribution is -2.53. The number of aliphatic carboxylic acids is 1. The van der Waals surface area contributed by atoms with Crippen LogP contribution in [0.25, 0.3) is 11.1 Å². The van der Waals surface area contributed by atoms with Gasteiger partial charge in [0.15, 0.2) is 0 Å². The van der Waals surface area contributed by atoms with Crippen LogP contribution in [0.3, 0.4) is 0 Å². The van der Waals surface area contributed by atoms with Gasteiger partial charge < -0.3 is 24.8 Å². The molecule has 2 N–H and O–H groups in total. The Morgan fingerprint density at radius 2 is 1.71 bits per heavy atom. The maximum atomic E-state index is 13.8. The summed E-state index contributed by atoms with van der Waals surface area (Å²) in [7, 11) is 1.27. The van der Waals surface area contributed by atoms with E-state index in [1.165, 1.54) is 7.11 Å². The van der Waals surface area contributed by atoms with Gasteiger partial charge in [-0.25, -0.2) is 18.4 Å². The Kier molecular flexibility index (Phi) is 6.52. The van der Waals surface area contributed by atoms with Crippen molar-refractivity contribution in [2.75, 3.05) is 26.9 Å². The van der Waals surface area contributed by atoms with Gasteiger partial charge in [0.1, 0.15) is 18.7 Å². The van der Waals surface area contributed by atoms with Crippen molar-refractivity contribution in [3.05, 3.63) is 59.7 Å². The molecule has 1 fully saturated rings. The van der Waals surface area contributed by atoms with Gasteiger partial charge in [-0.3, -0.25) is 4.79 Å². The molecule has 0 saturated carbocycles. The first kappa shape index (κ1) is 23.6. The molecular weight excluding hydrogens is 450 g/mol. The predicted molar refractivity (Wildman–Crippen MR) is 117 cm³/mol. The number of likely N-dealkylation sites (tertiary alicyclic amines) is 1. The number of alkyl carbamates (subject to hydrolysis) is 1. The number of nitrogens with one attached hydrogen (secondary N) is 1. The number of methoxy groups -OCH3 is 1. The molecule has 2 atom stereocenters. The van der Waals surface area contributed by atoms with Crippen molar-refractivity contribution in [3.63, 3.8) is 0 Å². The highest BCUT2D eigenvalue weighted by Crippen LogP contribution is 2.44. The standard InChI is InChI=1S/C24H24F2N2O6/c1-33-12-19(21(29)28-13-24(25,26)10-20(28)22(30)31)27-23(32)34-11-18-16-8-4-2-6-14(16)15-7-3-5-9-17(15)18/h2-9,18-20H,10-13H2,1H3,(H,27,32)(H,30,31)/t19-,20+/m0/s1. The number of carboxylic acids is 1. The lowest BCUT2D eigenvalue weighted by atomic mass is 9.98. The molecule has 0 unspecified atom stereocenters. The van der Waals surface area contributed by atoms with E-state index in [0.717, 1.165) is 22.3 Å². The largest absolute Gasteiger partial charge is 0.480 e. The van der Waals surface area contributed by atoms with Gasteiger partial charge in [-0.2, -0.15) is 0 Å². The summed E-state index contributed by atoms with van der Waals surface area (Å²) in [5, 5.41) is 11.6. The fourth-order valence-electron chi connectivity index (χ4n) is 4.59. The molecule has 2 amide bonds. The van der Waals surface area contributed by atoms with Gasteiger partial charge in [-0.15, -0.1) is 0 Å². The number of carbonyl (C=O) groups excluding carboxylic acids is 2. The summed E-state index contributed by atoms with van der Waals surface area (Å²) in [5.74, 6) is -6.05. The second-order valence-electron chi connectivity index (χ2n) is 8.36. The fourth-order valence-corrected chi connectivity index (χ4v) is 4.59. The van der Waals surface area contributed by atoms with Crippen LogP contribution in [0, 0.1) is 0 Å². The molecule has 4 rings (SSSR count). The van der Waals surface area contributed by atoms with E-state index in [4.69, 9.17) is 9.47 Å². The molecule has 10 heteroatoms. The summed E-state index contributed by atoms with van der Waals surface area (Å²) in [6.45, 7) is -1.39. The third-order valence-electron chi connectivity index (χ3n) is 6.11. The first-order valence-electron chi connectivity index (χ1n) is 10.7. The minimum Gasteiger partial charge on any atom is -0.480 e. The van der Waals surface area contributed by atoms with Gasteiger partial charge in [0.2, 0.25) is 5.91 Å². The number of ether oxygens (including phenoxy) is 2. The van der Waals surface area contributed by atoms with Gasteiger partial charge >= 0.3 is 12.1 Å². The normalized spacial score (nSPS) is 19.3. The molecule has 0 radical (unpaired) electrons. The lowest BCUT2D eigenvalue weighted by Gasteiger charge is -2.26. The number of carboxylic acid groups (broad SMARTS) is 1. The maximum Gasteiger partial charge on any atom is 0.407 e. The average Bonchev–Trinajstić information content (AvgIpc) is 3.31. The highest BCUT2D eigenvalue weighted by molar-refractivity contribution is 5.90. The van der Waals surface area contributed by atoms with E-state index in [1.54, 1.807) is 0 Å². The van der Waals surface area contributed by atoms with E-state index in [-0.39, 0.29) is 19.1 Å². The van der Waals surface area contributed by atoms with Gasteiger partial charge in [0.25, 0.3) is 5.92 Å². The topological polar surface area (TPSA) is 105 Å². The van der Waals surface area contributed by atoms with Gasteiger partial charge in [-0.05, 0) is 22.3 Å². The van der Waals surface area contributed by atoms with Crippen molar-refractivity contribution >= 4 is 18.0 Å². The van der Waals surface area contributed by atoms with Crippen LogP contribution in [0.4, 0.5) is 13.6 Å². The Bertz CT molecular complexity index is 1060. The first-order valence-corrected chi connectivity index (χ1v) is 10.7. The Hall–Kier alpha value is -3.53. The molecule has 2 aromatic rings. The smallest absolute Gasteiger partial charge is 0.407 e. The number of fused-ring (bicyclic) bond motifs is 3. The van der Waals surface area contributed by atoms with E-state index in [1.807, 2.05) is 48.5 Å². The van der Waals surface area contributed by atoms with Crippen molar-refractivity contribution in [1.29, 1.82) is 0 Å². The molecule has 1 saturated heterocycles. The van der Waals surface area contributed by atoms with Crippen molar-refractivity contribution in [2.45, 2.75) is 30.3 Å². The van der Waals surface area contributed by atoms with Crippen LogP contribution in [-0.4, -0.2) is 72.9 Å². The highest BCUT2D eigenvalue weighted by Gasteiger charge is 2.51. The SMILES string of the molecule is COC[C@H](NC(=O)OCC1c2ccccc2-c2ccccc21)C(=O)N1CC(F)(F)C[C@@H]1C(=O)O. The molecule has 0 aromatic heterocycles. The molecule has 8 nitrogen and oxygen atoms in total. The van der Waals surface area contributed by atoms with Crippen molar-refractivity contribution in [1.82, 2.24) is 10.2 Å². The number of hydrogen-bond acceptors (Lipinski definition) is 5. The molecule has 2 aromatic carbocycles. The number of amides is 2. The second-order valence-corrected chi connectivity index (χ2v) is 8.36. The number of alkyl halides is 2. The number of hydrogen-bond donors (Lipinski definition) is 2. The lowest BCUT2D eigenvalue weighted by molar-refractivity contribution is -0.149. The van der Waals surface area contributed by atoms with Crippen molar-refractivity contribution in [2.24, 2.45) is 0 Å². The number of nitrogens with zero attached hydrogens (tertiary/aromatic N) is 1. The first-order chi connectivity index (χ1) is 16.2. The average molecular weight is 474 g/mol. The van der Waals surface area contributed by atoms with E-state index in [9.17, 15) is 28.3 Å². The van der Waals surface area contributed by atoms with Crippen molar-refractivity contribution < 1.29 is 37.7 Å². The van der Waals surface area contributed by atoms with Gasteiger partial charge in [0, 0.05) is 19.4 Å². The molecule has 2 aliphatic rings. The third kappa shape index (κ3) is 4.58. The molecule has 0 spiro atoms. The summed E-state index contributed by atoms with van der Waals surface area (Å²) >= 11 is 0. The van der Waals surface area contributed by atoms with Gasteiger partial charge in [-0.1, -0.05) is 48.5 Å². The Morgan fingerprint density at radius 1 is 1.12 bits per heavy atom. The van der Waals surface area contributed by atoms with Crippen LogP contribution < -0.4 is 5.32 Å². The molecule has 180 valence electrons. The van der Waals surface area contributed by atoms with Crippen LogP contribution in [0.5, 0.6) is 0 Å². The number of benzene rings is 2. The van der Waals surface area contributed by atoms with Gasteiger partial charge in [0.05, 0.1) is 13.2 Å². The molecule has 1 aliphatic heterocycles. The highest BCUT2D eigenvalue weighted by atomic mass is 19.3. The minimum atomic E-state index is -3.33. The number of carbonyl (C=O) groups is 3. The van der Waals surface area contributed by atoms with Crippen molar-refractivity contribution in [3.8, 4) is 11.1 Å². The van der Waals surface area contributed by atoms with Crippen LogP contribution in [0.1, 0.15) is 23.5 Å². The van der Waals surface area contributed by atoms with Crippen LogP contribution in [0.2, 0.25) is 0 Å². The zero-order valence-corrected chi connectivity index (χ0v) is 18.4. The molecule has 0 bridgehead atoms. The monoisotopic (exact) mass is 474 g/mol. The zero-order valence-electron chi connectivity index (χ0n) is 18.4. The summed E-state index contributed by atoms with van der Waals surface area (Å²) in [6.07, 6.45) is -1.92. The van der Waals surface area contributed by atoms with E-state index >= 15 is 0 Å². The fraction of sp³-hybridized carbons (Fsp3) is 0.375. The summed E-state index contributed by atoms with van der Waals surface area (Å²) in [6, 6.07) is 12.5. The molecular formula is C24H24F2N2O6. The molecule has 1 heterocycles.